The zero-order valence-corrected chi connectivity index (χ0v) is 10.1. The molecule has 0 saturated heterocycles. The SMILES string of the molecule is Cc1nccn1-c1ccc(C2(C(=O)O)CC2)cc1. The minimum absolute atomic E-state index is 0.623. The normalized spacial score (nSPS) is 16.5. The molecule has 1 heterocycles. The van der Waals surface area contributed by atoms with Crippen molar-refractivity contribution in [2.24, 2.45) is 0 Å². The molecule has 0 bridgehead atoms. The van der Waals surface area contributed by atoms with Crippen molar-refractivity contribution in [1.82, 2.24) is 9.55 Å². The van der Waals surface area contributed by atoms with E-state index in [-0.39, 0.29) is 0 Å². The highest BCUT2D eigenvalue weighted by atomic mass is 16.4. The molecule has 3 rings (SSSR count). The van der Waals surface area contributed by atoms with Gasteiger partial charge in [-0.3, -0.25) is 4.79 Å². The largest absolute Gasteiger partial charge is 0.481 e. The number of rotatable bonds is 3. The van der Waals surface area contributed by atoms with Crippen molar-refractivity contribution in [3.8, 4) is 5.69 Å². The Balaban J connectivity index is 1.95. The highest BCUT2D eigenvalue weighted by molar-refractivity contribution is 5.84. The Bertz CT molecular complexity index is 595. The zero-order chi connectivity index (χ0) is 12.8. The molecule has 18 heavy (non-hydrogen) atoms. The maximum absolute atomic E-state index is 11.2. The summed E-state index contributed by atoms with van der Waals surface area (Å²) in [4.78, 5) is 15.4. The Morgan fingerprint density at radius 2 is 2.00 bits per heavy atom. The molecule has 1 aliphatic rings. The minimum Gasteiger partial charge on any atom is -0.481 e. The Morgan fingerprint density at radius 1 is 1.33 bits per heavy atom. The molecule has 1 saturated carbocycles. The second kappa shape index (κ2) is 3.70. The summed E-state index contributed by atoms with van der Waals surface area (Å²) in [6, 6.07) is 7.73. The van der Waals surface area contributed by atoms with Gasteiger partial charge in [0.05, 0.1) is 5.41 Å². The van der Waals surface area contributed by atoms with Gasteiger partial charge in [-0.15, -0.1) is 0 Å². The van der Waals surface area contributed by atoms with Crippen molar-refractivity contribution in [3.05, 3.63) is 48.0 Å². The molecule has 4 heteroatoms. The van der Waals surface area contributed by atoms with Gasteiger partial charge in [-0.25, -0.2) is 4.98 Å². The number of carbonyl (C=O) groups is 1. The third-order valence-electron chi connectivity index (χ3n) is 3.68. The van der Waals surface area contributed by atoms with Gasteiger partial charge in [-0.2, -0.15) is 0 Å². The molecule has 1 aliphatic carbocycles. The van der Waals surface area contributed by atoms with Gasteiger partial charge in [0.2, 0.25) is 0 Å². The number of carboxylic acids is 1. The number of nitrogens with zero attached hydrogens (tertiary/aromatic N) is 2. The molecule has 1 aromatic carbocycles. The van der Waals surface area contributed by atoms with Crippen molar-refractivity contribution < 1.29 is 9.90 Å². The summed E-state index contributed by atoms with van der Waals surface area (Å²) in [5.41, 5.74) is 1.29. The fraction of sp³-hybridized carbons (Fsp3) is 0.286. The Kier molecular flexibility index (Phi) is 2.26. The molecular formula is C14H14N2O2. The van der Waals surface area contributed by atoms with Gasteiger partial charge in [0.25, 0.3) is 0 Å². The number of carboxylic acid groups (broad SMARTS) is 1. The number of aromatic nitrogens is 2. The van der Waals surface area contributed by atoms with Crippen molar-refractivity contribution in [2.75, 3.05) is 0 Å². The van der Waals surface area contributed by atoms with Crippen LogP contribution in [0.5, 0.6) is 0 Å². The van der Waals surface area contributed by atoms with Crippen LogP contribution in [0.25, 0.3) is 5.69 Å². The van der Waals surface area contributed by atoms with E-state index in [4.69, 9.17) is 0 Å². The second-order valence-electron chi connectivity index (χ2n) is 4.78. The first-order valence-corrected chi connectivity index (χ1v) is 5.98. The summed E-state index contributed by atoms with van der Waals surface area (Å²) >= 11 is 0. The van der Waals surface area contributed by atoms with Crippen LogP contribution in [0.4, 0.5) is 0 Å². The monoisotopic (exact) mass is 242 g/mol. The fourth-order valence-electron chi connectivity index (χ4n) is 2.34. The molecule has 0 aliphatic heterocycles. The third kappa shape index (κ3) is 1.53. The predicted molar refractivity (Wildman–Crippen MR) is 66.8 cm³/mol. The Labute approximate surface area is 105 Å². The molecule has 2 aromatic rings. The van der Waals surface area contributed by atoms with Crippen LogP contribution in [-0.2, 0) is 10.2 Å². The van der Waals surface area contributed by atoms with Gasteiger partial charge in [-0.1, -0.05) is 12.1 Å². The van der Waals surface area contributed by atoms with Crippen LogP contribution >= 0.6 is 0 Å². The lowest BCUT2D eigenvalue weighted by atomic mass is 9.96. The number of benzene rings is 1. The van der Waals surface area contributed by atoms with Gasteiger partial charge in [-0.05, 0) is 37.5 Å². The minimum atomic E-state index is -0.714. The van der Waals surface area contributed by atoms with E-state index in [0.29, 0.717) is 0 Å². The number of aryl methyl sites for hydroxylation is 1. The van der Waals surface area contributed by atoms with E-state index in [1.54, 1.807) is 6.20 Å². The van der Waals surface area contributed by atoms with Crippen LogP contribution in [0.3, 0.4) is 0 Å². The van der Waals surface area contributed by atoms with Gasteiger partial charge in [0.1, 0.15) is 5.82 Å². The quantitative estimate of drug-likeness (QED) is 0.898. The molecule has 1 fully saturated rings. The Morgan fingerprint density at radius 3 is 2.44 bits per heavy atom. The van der Waals surface area contributed by atoms with Gasteiger partial charge < -0.3 is 9.67 Å². The highest BCUT2D eigenvalue weighted by Crippen LogP contribution is 2.48. The van der Waals surface area contributed by atoms with Crippen molar-refractivity contribution >= 4 is 5.97 Å². The standard InChI is InChI=1S/C14H14N2O2/c1-10-15-8-9-16(10)12-4-2-11(3-5-12)14(6-7-14)13(17)18/h2-5,8-9H,6-7H2,1H3,(H,17,18). The lowest BCUT2D eigenvalue weighted by molar-refractivity contribution is -0.140. The average Bonchev–Trinajstić information content (AvgIpc) is 3.08. The highest BCUT2D eigenvalue weighted by Gasteiger charge is 2.51. The van der Waals surface area contributed by atoms with Gasteiger partial charge >= 0.3 is 5.97 Å². The molecule has 0 atom stereocenters. The first kappa shape index (κ1) is 11.0. The van der Waals surface area contributed by atoms with E-state index in [9.17, 15) is 9.90 Å². The fourth-order valence-corrected chi connectivity index (χ4v) is 2.34. The van der Waals surface area contributed by atoms with Gasteiger partial charge in [0.15, 0.2) is 0 Å². The van der Waals surface area contributed by atoms with Crippen molar-refractivity contribution in [3.63, 3.8) is 0 Å². The maximum Gasteiger partial charge on any atom is 0.314 e. The van der Waals surface area contributed by atoms with Crippen LogP contribution in [0.15, 0.2) is 36.7 Å². The van der Waals surface area contributed by atoms with Crippen molar-refractivity contribution in [2.45, 2.75) is 25.2 Å². The summed E-state index contributed by atoms with van der Waals surface area (Å²) in [6.07, 6.45) is 5.13. The number of hydrogen-bond acceptors (Lipinski definition) is 2. The molecule has 0 radical (unpaired) electrons. The topological polar surface area (TPSA) is 55.1 Å². The van der Waals surface area contributed by atoms with E-state index in [1.807, 2.05) is 42.0 Å². The molecule has 92 valence electrons. The first-order valence-electron chi connectivity index (χ1n) is 5.98. The van der Waals surface area contributed by atoms with Crippen LogP contribution in [0.1, 0.15) is 24.2 Å². The number of hydrogen-bond donors (Lipinski definition) is 1. The Hall–Kier alpha value is -2.10. The van der Waals surface area contributed by atoms with E-state index in [0.717, 1.165) is 29.9 Å². The predicted octanol–water partition coefficient (Wildman–Crippen LogP) is 2.30. The third-order valence-corrected chi connectivity index (χ3v) is 3.68. The summed E-state index contributed by atoms with van der Waals surface area (Å²) in [7, 11) is 0. The summed E-state index contributed by atoms with van der Waals surface area (Å²) in [6.45, 7) is 1.94. The maximum atomic E-state index is 11.2. The molecular weight excluding hydrogens is 228 g/mol. The lowest BCUT2D eigenvalue weighted by Crippen LogP contribution is -2.19. The van der Waals surface area contributed by atoms with Crippen LogP contribution < -0.4 is 0 Å². The van der Waals surface area contributed by atoms with E-state index in [2.05, 4.69) is 4.98 Å². The molecule has 0 unspecified atom stereocenters. The summed E-state index contributed by atoms with van der Waals surface area (Å²) in [5.74, 6) is 0.205. The second-order valence-corrected chi connectivity index (χ2v) is 4.78. The van der Waals surface area contributed by atoms with Crippen LogP contribution in [0, 0.1) is 6.92 Å². The molecule has 1 N–H and O–H groups in total. The summed E-state index contributed by atoms with van der Waals surface area (Å²) in [5, 5.41) is 9.24. The molecule has 0 amide bonds. The summed E-state index contributed by atoms with van der Waals surface area (Å²) < 4.78 is 1.98. The molecule has 4 nitrogen and oxygen atoms in total. The van der Waals surface area contributed by atoms with Gasteiger partial charge in [0, 0.05) is 18.1 Å². The smallest absolute Gasteiger partial charge is 0.314 e. The molecule has 1 aromatic heterocycles. The first-order chi connectivity index (χ1) is 8.63. The van der Waals surface area contributed by atoms with Crippen molar-refractivity contribution in [1.29, 1.82) is 0 Å². The number of imidazole rings is 1. The van der Waals surface area contributed by atoms with E-state index >= 15 is 0 Å². The van der Waals surface area contributed by atoms with E-state index in [1.165, 1.54) is 0 Å². The number of aliphatic carboxylic acids is 1. The lowest BCUT2D eigenvalue weighted by Gasteiger charge is -2.11. The average molecular weight is 242 g/mol. The van der Waals surface area contributed by atoms with Crippen LogP contribution in [0.2, 0.25) is 0 Å². The molecule has 0 spiro atoms. The van der Waals surface area contributed by atoms with Crippen LogP contribution in [-0.4, -0.2) is 20.6 Å². The van der Waals surface area contributed by atoms with E-state index < -0.39 is 11.4 Å². The zero-order valence-electron chi connectivity index (χ0n) is 10.1.